The van der Waals surface area contributed by atoms with Crippen molar-refractivity contribution in [3.05, 3.63) is 33.5 Å². The lowest BCUT2D eigenvalue weighted by atomic mass is 10.1. The summed E-state index contributed by atoms with van der Waals surface area (Å²) in [6.45, 7) is 0. The molecule has 0 unspecified atom stereocenters. The van der Waals surface area contributed by atoms with Gasteiger partial charge in [0.15, 0.2) is 5.69 Å². The Morgan fingerprint density at radius 3 is 2.47 bits per heavy atom. The number of carboxylic acid groups (broad SMARTS) is 1. The first kappa shape index (κ1) is 12.9. The second-order valence-electron chi connectivity index (χ2n) is 2.99. The molecule has 0 bridgehead atoms. The maximum Gasteiger partial charge on any atom is 0.420 e. The van der Waals surface area contributed by atoms with Crippen molar-refractivity contribution in [1.29, 1.82) is 0 Å². The topological polar surface area (TPSA) is 93.3 Å². The molecule has 1 aromatic heterocycles. The van der Waals surface area contributed by atoms with Crippen LogP contribution in [0, 0.1) is 10.1 Å². The van der Waals surface area contributed by atoms with E-state index in [1.54, 1.807) is 0 Å². The van der Waals surface area contributed by atoms with Gasteiger partial charge in [0.2, 0.25) is 0 Å². The predicted octanol–water partition coefficient (Wildman–Crippen LogP) is 1.64. The van der Waals surface area contributed by atoms with Crippen LogP contribution in [-0.2, 0) is 17.4 Å². The van der Waals surface area contributed by atoms with E-state index in [1.165, 1.54) is 0 Å². The summed E-state index contributed by atoms with van der Waals surface area (Å²) < 4.78 is 37.3. The zero-order valence-corrected chi connectivity index (χ0v) is 8.06. The molecule has 0 aliphatic carbocycles. The molecule has 92 valence electrons. The molecule has 1 aromatic rings. The van der Waals surface area contributed by atoms with Crippen molar-refractivity contribution in [2.75, 3.05) is 0 Å². The number of rotatable bonds is 3. The molecule has 0 aliphatic rings. The van der Waals surface area contributed by atoms with Crippen LogP contribution in [-0.4, -0.2) is 21.0 Å². The van der Waals surface area contributed by atoms with Crippen LogP contribution in [0.1, 0.15) is 11.3 Å². The number of nitro groups is 1. The first-order valence-electron chi connectivity index (χ1n) is 4.15. The fourth-order valence-corrected chi connectivity index (χ4v) is 1.13. The van der Waals surface area contributed by atoms with E-state index in [0.29, 0.717) is 12.1 Å². The molecule has 9 heteroatoms. The number of hydrogen-bond donors (Lipinski definition) is 1. The Morgan fingerprint density at radius 2 is 2.06 bits per heavy atom. The van der Waals surface area contributed by atoms with E-state index in [-0.39, 0.29) is 0 Å². The lowest BCUT2D eigenvalue weighted by Gasteiger charge is -2.07. The number of carbonyl (C=O) groups is 1. The molecule has 0 aliphatic heterocycles. The highest BCUT2D eigenvalue weighted by Gasteiger charge is 2.37. The second kappa shape index (κ2) is 4.36. The van der Waals surface area contributed by atoms with Gasteiger partial charge in [-0.15, -0.1) is 0 Å². The monoisotopic (exact) mass is 250 g/mol. The predicted molar refractivity (Wildman–Crippen MR) is 47.2 cm³/mol. The summed E-state index contributed by atoms with van der Waals surface area (Å²) in [7, 11) is 0. The highest BCUT2D eigenvalue weighted by Crippen LogP contribution is 2.32. The van der Waals surface area contributed by atoms with Gasteiger partial charge in [0, 0.05) is 6.07 Å². The average molecular weight is 250 g/mol. The van der Waals surface area contributed by atoms with Crippen LogP contribution in [0.4, 0.5) is 19.0 Å². The van der Waals surface area contributed by atoms with E-state index in [1.807, 2.05) is 0 Å². The van der Waals surface area contributed by atoms with Gasteiger partial charge < -0.3 is 15.2 Å². The maximum absolute atomic E-state index is 12.4. The van der Waals surface area contributed by atoms with Crippen LogP contribution >= 0.6 is 0 Å². The Bertz CT molecular complexity index is 472. The van der Waals surface area contributed by atoms with Gasteiger partial charge in [-0.3, -0.25) is 4.79 Å². The molecule has 0 fully saturated rings. The summed E-state index contributed by atoms with van der Waals surface area (Å²) in [6.07, 6.45) is -5.83. The second-order valence-corrected chi connectivity index (χ2v) is 2.99. The quantitative estimate of drug-likeness (QED) is 0.650. The van der Waals surface area contributed by atoms with E-state index in [0.717, 1.165) is 0 Å². The van der Waals surface area contributed by atoms with Crippen molar-refractivity contribution >= 4 is 11.8 Å². The number of aromatic nitrogens is 1. The molecule has 17 heavy (non-hydrogen) atoms. The largest absolute Gasteiger partial charge is 0.481 e. The minimum Gasteiger partial charge on any atom is -0.481 e. The van der Waals surface area contributed by atoms with Gasteiger partial charge >= 0.3 is 18.0 Å². The Labute approximate surface area is 91.9 Å². The Kier molecular flexibility index (Phi) is 3.30. The van der Waals surface area contributed by atoms with Crippen molar-refractivity contribution in [3.8, 4) is 0 Å². The number of nitrogens with zero attached hydrogens (tertiary/aromatic N) is 2. The van der Waals surface area contributed by atoms with Crippen molar-refractivity contribution < 1.29 is 28.0 Å². The third-order valence-electron chi connectivity index (χ3n) is 1.77. The molecular formula is C8H5F3N2O4. The molecule has 0 spiro atoms. The number of alkyl halides is 3. The Balaban J connectivity index is 3.31. The van der Waals surface area contributed by atoms with Gasteiger partial charge in [0.25, 0.3) is 0 Å². The fraction of sp³-hybridized carbons (Fsp3) is 0.250. The summed E-state index contributed by atoms with van der Waals surface area (Å²) in [4.78, 5) is 22.8. The van der Waals surface area contributed by atoms with Crippen molar-refractivity contribution in [3.63, 3.8) is 0 Å². The van der Waals surface area contributed by atoms with Crippen LogP contribution < -0.4 is 0 Å². The first-order valence-corrected chi connectivity index (χ1v) is 4.15. The van der Waals surface area contributed by atoms with E-state index in [4.69, 9.17) is 5.11 Å². The molecule has 0 radical (unpaired) electrons. The standard InChI is InChI=1S/C8H5F3N2O4/c9-8(10,11)4-1-2-6(13(16)17)12-5(4)3-7(14)15/h1-2H,3H2,(H,14,15). The summed E-state index contributed by atoms with van der Waals surface area (Å²) in [6, 6.07) is 1.03. The van der Waals surface area contributed by atoms with Crippen LogP contribution in [0.3, 0.4) is 0 Å². The van der Waals surface area contributed by atoms with Crippen LogP contribution in [0.15, 0.2) is 12.1 Å². The van der Waals surface area contributed by atoms with Gasteiger partial charge in [0.1, 0.15) is 12.0 Å². The lowest BCUT2D eigenvalue weighted by molar-refractivity contribution is -0.389. The van der Waals surface area contributed by atoms with Crippen molar-refractivity contribution in [2.24, 2.45) is 0 Å². The zero-order chi connectivity index (χ0) is 13.2. The van der Waals surface area contributed by atoms with Gasteiger partial charge in [-0.25, -0.2) is 0 Å². The molecule has 0 amide bonds. The summed E-state index contributed by atoms with van der Waals surface area (Å²) in [5.74, 6) is -2.38. The van der Waals surface area contributed by atoms with E-state index >= 15 is 0 Å². The highest BCUT2D eigenvalue weighted by molar-refractivity contribution is 5.70. The minimum atomic E-state index is -4.80. The van der Waals surface area contributed by atoms with Gasteiger partial charge in [-0.05, 0) is 16.0 Å². The summed E-state index contributed by atoms with van der Waals surface area (Å²) in [5, 5.41) is 18.7. The molecule has 6 nitrogen and oxygen atoms in total. The highest BCUT2D eigenvalue weighted by atomic mass is 19.4. The van der Waals surface area contributed by atoms with E-state index in [2.05, 4.69) is 4.98 Å². The van der Waals surface area contributed by atoms with Crippen LogP contribution in [0.25, 0.3) is 0 Å². The molecular weight excluding hydrogens is 245 g/mol. The molecule has 0 saturated carbocycles. The first-order chi connectivity index (χ1) is 7.71. The maximum atomic E-state index is 12.4. The number of carboxylic acids is 1. The fourth-order valence-electron chi connectivity index (χ4n) is 1.13. The molecule has 1 rings (SSSR count). The van der Waals surface area contributed by atoms with Gasteiger partial charge in [0.05, 0.1) is 0 Å². The lowest BCUT2D eigenvalue weighted by Crippen LogP contribution is -2.14. The smallest absolute Gasteiger partial charge is 0.420 e. The van der Waals surface area contributed by atoms with Crippen LogP contribution in [0.2, 0.25) is 0 Å². The van der Waals surface area contributed by atoms with Gasteiger partial charge in [-0.1, -0.05) is 0 Å². The van der Waals surface area contributed by atoms with Crippen molar-refractivity contribution in [1.82, 2.24) is 4.98 Å². The number of pyridine rings is 1. The third kappa shape index (κ3) is 3.13. The molecule has 0 aromatic carbocycles. The third-order valence-corrected chi connectivity index (χ3v) is 1.77. The molecule has 1 heterocycles. The average Bonchev–Trinajstić information content (AvgIpc) is 2.14. The zero-order valence-electron chi connectivity index (χ0n) is 8.06. The Morgan fingerprint density at radius 1 is 1.47 bits per heavy atom. The van der Waals surface area contributed by atoms with E-state index in [9.17, 15) is 28.1 Å². The molecule has 0 saturated heterocycles. The normalized spacial score (nSPS) is 11.2. The van der Waals surface area contributed by atoms with E-state index < -0.39 is 40.6 Å². The number of hydrogen-bond acceptors (Lipinski definition) is 4. The Hall–Kier alpha value is -2.19. The van der Waals surface area contributed by atoms with Gasteiger partial charge in [-0.2, -0.15) is 13.2 Å². The molecule has 0 atom stereocenters. The summed E-state index contributed by atoms with van der Waals surface area (Å²) >= 11 is 0. The van der Waals surface area contributed by atoms with Crippen LogP contribution in [0.5, 0.6) is 0 Å². The minimum absolute atomic E-state index is 0.448. The number of aliphatic carboxylic acids is 1. The molecule has 1 N–H and O–H groups in total. The van der Waals surface area contributed by atoms with Crippen molar-refractivity contribution in [2.45, 2.75) is 12.6 Å². The summed E-state index contributed by atoms with van der Waals surface area (Å²) in [5.41, 5.74) is -2.16. The SMILES string of the molecule is O=C(O)Cc1nc([N+](=O)[O-])ccc1C(F)(F)F. The number of halogens is 3.